The Morgan fingerprint density at radius 1 is 1.31 bits per heavy atom. The van der Waals surface area contributed by atoms with Gasteiger partial charge in [-0.2, -0.15) is 5.26 Å². The largest absolute Gasteiger partial charge is 0.486 e. The molecule has 0 unspecified atom stereocenters. The van der Waals surface area contributed by atoms with Crippen LogP contribution in [0.4, 0.5) is 5.69 Å². The predicted molar refractivity (Wildman–Crippen MR) is 98.1 cm³/mol. The first-order valence-corrected chi connectivity index (χ1v) is 8.14. The normalized spacial score (nSPS) is 10.2. The standard InChI is InChI=1S/C19H15ClN4O2/c1-24-9-8-22-18(24)12-26-16-6-3-13(4-7-16)19(25)23-15-5-2-14(11-21)17(20)10-15/h2-10H,12H2,1H3,(H,23,25). The molecule has 1 amide bonds. The van der Waals surface area contributed by atoms with E-state index in [0.717, 1.165) is 5.82 Å². The summed E-state index contributed by atoms with van der Waals surface area (Å²) < 4.78 is 7.54. The van der Waals surface area contributed by atoms with Crippen LogP contribution in [0.25, 0.3) is 0 Å². The third-order valence-electron chi connectivity index (χ3n) is 3.75. The third-order valence-corrected chi connectivity index (χ3v) is 4.07. The van der Waals surface area contributed by atoms with Gasteiger partial charge in [-0.1, -0.05) is 11.6 Å². The highest BCUT2D eigenvalue weighted by molar-refractivity contribution is 6.32. The molecular weight excluding hydrogens is 352 g/mol. The molecule has 0 aliphatic rings. The first kappa shape index (κ1) is 17.5. The van der Waals surface area contributed by atoms with Gasteiger partial charge in [0.2, 0.25) is 0 Å². The molecule has 0 fully saturated rings. The number of nitrogens with zero attached hydrogens (tertiary/aromatic N) is 3. The molecule has 0 atom stereocenters. The van der Waals surface area contributed by atoms with E-state index in [9.17, 15) is 4.79 Å². The molecule has 2 aromatic carbocycles. The van der Waals surface area contributed by atoms with Crippen LogP contribution in [0.1, 0.15) is 21.7 Å². The molecule has 3 rings (SSSR count). The van der Waals surface area contributed by atoms with E-state index in [4.69, 9.17) is 21.6 Å². The molecule has 0 aliphatic carbocycles. The summed E-state index contributed by atoms with van der Waals surface area (Å²) in [7, 11) is 1.90. The average molecular weight is 367 g/mol. The fourth-order valence-corrected chi connectivity index (χ4v) is 2.50. The van der Waals surface area contributed by atoms with Crippen molar-refractivity contribution in [1.29, 1.82) is 5.26 Å². The van der Waals surface area contributed by atoms with E-state index in [1.165, 1.54) is 0 Å². The molecule has 0 spiro atoms. The molecule has 1 N–H and O–H groups in total. The summed E-state index contributed by atoms with van der Waals surface area (Å²) in [6, 6.07) is 13.5. The highest BCUT2D eigenvalue weighted by atomic mass is 35.5. The van der Waals surface area contributed by atoms with Gasteiger partial charge in [0.1, 0.15) is 24.3 Å². The van der Waals surface area contributed by atoms with Crippen molar-refractivity contribution in [3.05, 3.63) is 76.8 Å². The Kier molecular flexibility index (Phi) is 5.20. The number of aromatic nitrogens is 2. The lowest BCUT2D eigenvalue weighted by atomic mass is 10.2. The number of carbonyl (C=O) groups is 1. The summed E-state index contributed by atoms with van der Waals surface area (Å²) in [4.78, 5) is 16.5. The van der Waals surface area contributed by atoms with E-state index < -0.39 is 0 Å². The van der Waals surface area contributed by atoms with Gasteiger partial charge in [0.25, 0.3) is 5.91 Å². The van der Waals surface area contributed by atoms with Crippen LogP contribution in [-0.2, 0) is 13.7 Å². The van der Waals surface area contributed by atoms with E-state index in [2.05, 4.69) is 10.3 Å². The number of nitrogens with one attached hydrogen (secondary N) is 1. The minimum absolute atomic E-state index is 0.276. The maximum atomic E-state index is 12.3. The summed E-state index contributed by atoms with van der Waals surface area (Å²) in [5.41, 5.74) is 1.36. The van der Waals surface area contributed by atoms with Gasteiger partial charge in [-0.15, -0.1) is 0 Å². The van der Waals surface area contributed by atoms with Crippen LogP contribution in [0, 0.1) is 11.3 Å². The Morgan fingerprint density at radius 3 is 2.69 bits per heavy atom. The molecule has 26 heavy (non-hydrogen) atoms. The van der Waals surface area contributed by atoms with Crippen LogP contribution in [0.2, 0.25) is 5.02 Å². The van der Waals surface area contributed by atoms with E-state index >= 15 is 0 Å². The highest BCUT2D eigenvalue weighted by Gasteiger charge is 2.08. The Labute approximate surface area is 155 Å². The number of nitriles is 1. The monoisotopic (exact) mass is 366 g/mol. The number of hydrogen-bond acceptors (Lipinski definition) is 4. The van der Waals surface area contributed by atoms with Crippen molar-refractivity contribution in [2.45, 2.75) is 6.61 Å². The van der Waals surface area contributed by atoms with Crippen LogP contribution >= 0.6 is 11.6 Å². The Balaban J connectivity index is 1.62. The summed E-state index contributed by atoms with van der Waals surface area (Å²) in [6.45, 7) is 0.346. The van der Waals surface area contributed by atoms with E-state index in [1.54, 1.807) is 48.7 Å². The van der Waals surface area contributed by atoms with Gasteiger partial charge in [-0.05, 0) is 42.5 Å². The number of amides is 1. The summed E-state index contributed by atoms with van der Waals surface area (Å²) in [6.07, 6.45) is 3.56. The quantitative estimate of drug-likeness (QED) is 0.745. The molecule has 7 heteroatoms. The first-order chi connectivity index (χ1) is 12.6. The van der Waals surface area contributed by atoms with Gasteiger partial charge in [-0.25, -0.2) is 4.98 Å². The zero-order valence-electron chi connectivity index (χ0n) is 13.9. The third kappa shape index (κ3) is 4.02. The van der Waals surface area contributed by atoms with Crippen LogP contribution in [-0.4, -0.2) is 15.5 Å². The number of halogens is 1. The van der Waals surface area contributed by atoms with Gasteiger partial charge < -0.3 is 14.6 Å². The lowest BCUT2D eigenvalue weighted by Gasteiger charge is -2.08. The van der Waals surface area contributed by atoms with Crippen LogP contribution in [0.3, 0.4) is 0 Å². The molecular formula is C19H15ClN4O2. The zero-order valence-corrected chi connectivity index (χ0v) is 14.7. The van der Waals surface area contributed by atoms with E-state index in [-0.39, 0.29) is 5.91 Å². The average Bonchev–Trinajstić information content (AvgIpc) is 3.05. The van der Waals surface area contributed by atoms with Crippen molar-refractivity contribution in [3.8, 4) is 11.8 Å². The van der Waals surface area contributed by atoms with Crippen molar-refractivity contribution < 1.29 is 9.53 Å². The maximum absolute atomic E-state index is 12.3. The maximum Gasteiger partial charge on any atom is 0.255 e. The fraction of sp³-hybridized carbons (Fsp3) is 0.105. The minimum Gasteiger partial charge on any atom is -0.486 e. The van der Waals surface area contributed by atoms with Gasteiger partial charge in [0.15, 0.2) is 0 Å². The van der Waals surface area contributed by atoms with Crippen molar-refractivity contribution in [2.24, 2.45) is 7.05 Å². The Bertz CT molecular complexity index is 974. The Morgan fingerprint density at radius 2 is 2.08 bits per heavy atom. The molecule has 0 saturated heterocycles. The SMILES string of the molecule is Cn1ccnc1COc1ccc(C(=O)Nc2ccc(C#N)c(Cl)c2)cc1. The second-order valence-electron chi connectivity index (χ2n) is 5.53. The van der Waals surface area contributed by atoms with Gasteiger partial charge in [-0.3, -0.25) is 4.79 Å². The van der Waals surface area contributed by atoms with Gasteiger partial charge in [0, 0.05) is 30.7 Å². The van der Waals surface area contributed by atoms with Crippen molar-refractivity contribution in [1.82, 2.24) is 9.55 Å². The topological polar surface area (TPSA) is 79.9 Å². The second kappa shape index (κ2) is 7.72. The number of benzene rings is 2. The zero-order chi connectivity index (χ0) is 18.5. The molecule has 130 valence electrons. The number of imidazole rings is 1. The van der Waals surface area contributed by atoms with Crippen LogP contribution in [0.5, 0.6) is 5.75 Å². The number of hydrogen-bond donors (Lipinski definition) is 1. The highest BCUT2D eigenvalue weighted by Crippen LogP contribution is 2.21. The minimum atomic E-state index is -0.276. The molecule has 1 aromatic heterocycles. The molecule has 0 radical (unpaired) electrons. The number of ether oxygens (including phenoxy) is 1. The molecule has 0 aliphatic heterocycles. The van der Waals surface area contributed by atoms with Crippen molar-refractivity contribution in [3.63, 3.8) is 0 Å². The fourth-order valence-electron chi connectivity index (χ4n) is 2.27. The number of aryl methyl sites for hydroxylation is 1. The number of rotatable bonds is 5. The molecule has 1 heterocycles. The second-order valence-corrected chi connectivity index (χ2v) is 5.94. The molecule has 0 bridgehead atoms. The molecule has 3 aromatic rings. The summed E-state index contributed by atoms with van der Waals surface area (Å²) in [5.74, 6) is 1.18. The molecule has 6 nitrogen and oxygen atoms in total. The number of carbonyl (C=O) groups excluding carboxylic acids is 1. The summed E-state index contributed by atoms with van der Waals surface area (Å²) in [5, 5.41) is 11.9. The lowest BCUT2D eigenvalue weighted by molar-refractivity contribution is 0.102. The van der Waals surface area contributed by atoms with E-state index in [0.29, 0.717) is 34.2 Å². The lowest BCUT2D eigenvalue weighted by Crippen LogP contribution is -2.11. The van der Waals surface area contributed by atoms with Gasteiger partial charge in [0.05, 0.1) is 10.6 Å². The number of anilines is 1. The summed E-state index contributed by atoms with van der Waals surface area (Å²) >= 11 is 5.97. The predicted octanol–water partition coefficient (Wildman–Crippen LogP) is 3.78. The van der Waals surface area contributed by atoms with Crippen LogP contribution in [0.15, 0.2) is 54.9 Å². The van der Waals surface area contributed by atoms with Crippen molar-refractivity contribution >= 4 is 23.2 Å². The van der Waals surface area contributed by atoms with E-state index in [1.807, 2.05) is 23.9 Å². The smallest absolute Gasteiger partial charge is 0.255 e. The van der Waals surface area contributed by atoms with Gasteiger partial charge >= 0.3 is 0 Å². The van der Waals surface area contributed by atoms with Crippen molar-refractivity contribution in [2.75, 3.05) is 5.32 Å². The van der Waals surface area contributed by atoms with Crippen LogP contribution < -0.4 is 10.1 Å². The molecule has 0 saturated carbocycles. The Hall–Kier alpha value is -3.30. The first-order valence-electron chi connectivity index (χ1n) is 7.77.